The molecule has 1 aliphatic rings. The molecule has 0 bridgehead atoms. The van der Waals surface area contributed by atoms with Crippen LogP contribution in [-0.2, 0) is 22.5 Å². The van der Waals surface area contributed by atoms with Crippen LogP contribution in [0.5, 0.6) is 0 Å². The first-order chi connectivity index (χ1) is 13.1. The number of hydrogen-bond acceptors (Lipinski definition) is 5. The van der Waals surface area contributed by atoms with Crippen LogP contribution in [0.2, 0.25) is 0 Å². The van der Waals surface area contributed by atoms with E-state index in [1.54, 1.807) is 29.2 Å². The number of thiophene rings is 1. The van der Waals surface area contributed by atoms with Gasteiger partial charge < -0.3 is 15.0 Å². The summed E-state index contributed by atoms with van der Waals surface area (Å²) in [5.74, 6) is -0.289. The molecule has 1 aromatic heterocycles. The third-order valence-corrected chi connectivity index (χ3v) is 5.49. The number of hydrogen-bond donors (Lipinski definition) is 1. The summed E-state index contributed by atoms with van der Waals surface area (Å²) < 4.78 is 5.34. The minimum Gasteiger partial charge on any atom is -0.372 e. The molecule has 1 aromatic carbocycles. The van der Waals surface area contributed by atoms with E-state index in [9.17, 15) is 14.9 Å². The van der Waals surface area contributed by atoms with E-state index >= 15 is 0 Å². The molecule has 1 aliphatic heterocycles. The minimum absolute atomic E-state index is 0.0455. The highest BCUT2D eigenvalue weighted by Crippen LogP contribution is 2.36. The minimum atomic E-state index is -0.244. The highest BCUT2D eigenvalue weighted by atomic mass is 32.1. The van der Waals surface area contributed by atoms with E-state index in [-0.39, 0.29) is 18.4 Å². The maximum Gasteiger partial charge on any atom is 0.256 e. The number of benzene rings is 1. The molecule has 140 valence electrons. The largest absolute Gasteiger partial charge is 0.372 e. The molecule has 7 heteroatoms. The first-order valence-electron chi connectivity index (χ1n) is 8.90. The number of amides is 2. The summed E-state index contributed by atoms with van der Waals surface area (Å²) in [5.41, 5.74) is 1.98. The van der Waals surface area contributed by atoms with E-state index in [2.05, 4.69) is 11.4 Å². The van der Waals surface area contributed by atoms with E-state index in [0.717, 1.165) is 16.9 Å². The van der Waals surface area contributed by atoms with Gasteiger partial charge in [0.1, 0.15) is 17.7 Å². The Hall–Kier alpha value is -2.69. The Kier molecular flexibility index (Phi) is 6.22. The van der Waals surface area contributed by atoms with Gasteiger partial charge in [-0.2, -0.15) is 5.26 Å². The average molecular weight is 383 g/mol. The van der Waals surface area contributed by atoms with Gasteiger partial charge in [0.05, 0.1) is 12.1 Å². The molecule has 27 heavy (non-hydrogen) atoms. The molecule has 2 heterocycles. The van der Waals surface area contributed by atoms with Gasteiger partial charge in [0.2, 0.25) is 5.91 Å². The zero-order valence-electron chi connectivity index (χ0n) is 15.2. The summed E-state index contributed by atoms with van der Waals surface area (Å²) in [5, 5.41) is 13.0. The van der Waals surface area contributed by atoms with Gasteiger partial charge in [0.25, 0.3) is 5.91 Å². The Labute approximate surface area is 162 Å². The van der Waals surface area contributed by atoms with Crippen molar-refractivity contribution in [3.63, 3.8) is 0 Å². The molecule has 2 aromatic rings. The van der Waals surface area contributed by atoms with Crippen LogP contribution in [-0.4, -0.2) is 36.5 Å². The molecular formula is C20H21N3O3S. The predicted molar refractivity (Wildman–Crippen MR) is 104 cm³/mol. The van der Waals surface area contributed by atoms with Crippen molar-refractivity contribution in [1.82, 2.24) is 4.90 Å². The summed E-state index contributed by atoms with van der Waals surface area (Å²) >= 11 is 1.37. The van der Waals surface area contributed by atoms with Crippen molar-refractivity contribution in [2.75, 3.05) is 25.1 Å². The van der Waals surface area contributed by atoms with Gasteiger partial charge in [0, 0.05) is 23.6 Å². The molecule has 6 nitrogen and oxygen atoms in total. The number of rotatable bonds is 6. The average Bonchev–Trinajstić information content (AvgIpc) is 3.04. The zero-order valence-corrected chi connectivity index (χ0v) is 16.0. The van der Waals surface area contributed by atoms with Gasteiger partial charge in [-0.1, -0.05) is 25.1 Å². The van der Waals surface area contributed by atoms with Gasteiger partial charge in [-0.05, 0) is 30.5 Å². The molecule has 0 unspecified atom stereocenters. The van der Waals surface area contributed by atoms with Crippen molar-refractivity contribution in [3.05, 3.63) is 51.9 Å². The Balaban J connectivity index is 1.74. The Morgan fingerprint density at radius 1 is 1.33 bits per heavy atom. The number of nitrogens with one attached hydrogen (secondary N) is 1. The number of carbonyl (C=O) groups excluding carboxylic acids is 2. The molecule has 0 radical (unpaired) electrons. The standard InChI is InChI=1S/C20H21N3O3S/c1-2-10-26-13-18(24)23-9-8-15-16(11-21)20(27-17(15)12-23)22-19(25)14-6-4-3-5-7-14/h3-7H,2,8-10,12-13H2,1H3,(H,22,25). The van der Waals surface area contributed by atoms with Gasteiger partial charge in [0.15, 0.2) is 0 Å². The van der Waals surface area contributed by atoms with Gasteiger partial charge in [-0.25, -0.2) is 0 Å². The van der Waals surface area contributed by atoms with E-state index in [0.29, 0.717) is 42.2 Å². The van der Waals surface area contributed by atoms with Crippen LogP contribution in [0, 0.1) is 11.3 Å². The highest BCUT2D eigenvalue weighted by molar-refractivity contribution is 7.16. The summed E-state index contributed by atoms with van der Waals surface area (Å²) in [6.07, 6.45) is 1.48. The summed E-state index contributed by atoms with van der Waals surface area (Å²) in [6.45, 7) is 3.65. The van der Waals surface area contributed by atoms with E-state index in [1.807, 2.05) is 13.0 Å². The van der Waals surface area contributed by atoms with E-state index < -0.39 is 0 Å². The van der Waals surface area contributed by atoms with Crippen LogP contribution in [0.3, 0.4) is 0 Å². The van der Waals surface area contributed by atoms with Crippen molar-refractivity contribution in [2.24, 2.45) is 0 Å². The maximum absolute atomic E-state index is 12.4. The lowest BCUT2D eigenvalue weighted by Crippen LogP contribution is -2.37. The van der Waals surface area contributed by atoms with Gasteiger partial charge >= 0.3 is 0 Å². The van der Waals surface area contributed by atoms with Crippen LogP contribution in [0.1, 0.15) is 39.7 Å². The van der Waals surface area contributed by atoms with Crippen LogP contribution >= 0.6 is 11.3 Å². The molecule has 2 amide bonds. The van der Waals surface area contributed by atoms with Crippen LogP contribution in [0.25, 0.3) is 0 Å². The lowest BCUT2D eigenvalue weighted by Gasteiger charge is -2.26. The number of fused-ring (bicyclic) bond motifs is 1. The number of carbonyl (C=O) groups is 2. The Morgan fingerprint density at radius 2 is 2.11 bits per heavy atom. The number of nitriles is 1. The van der Waals surface area contributed by atoms with Crippen molar-refractivity contribution < 1.29 is 14.3 Å². The molecule has 1 N–H and O–H groups in total. The molecule has 0 saturated carbocycles. The molecule has 3 rings (SSSR count). The number of anilines is 1. The molecule has 0 saturated heterocycles. The quantitative estimate of drug-likeness (QED) is 0.777. The number of nitrogens with zero attached hydrogens (tertiary/aromatic N) is 2. The van der Waals surface area contributed by atoms with Crippen LogP contribution < -0.4 is 5.32 Å². The third kappa shape index (κ3) is 4.35. The Morgan fingerprint density at radius 3 is 2.81 bits per heavy atom. The zero-order chi connectivity index (χ0) is 19.2. The first-order valence-corrected chi connectivity index (χ1v) is 9.72. The fourth-order valence-electron chi connectivity index (χ4n) is 2.98. The van der Waals surface area contributed by atoms with Crippen molar-refractivity contribution in [1.29, 1.82) is 5.26 Å². The SMILES string of the molecule is CCCOCC(=O)N1CCc2c(sc(NC(=O)c3ccccc3)c2C#N)C1. The summed E-state index contributed by atoms with van der Waals surface area (Å²) in [7, 11) is 0. The van der Waals surface area contributed by atoms with Crippen molar-refractivity contribution in [2.45, 2.75) is 26.3 Å². The second-order valence-electron chi connectivity index (χ2n) is 6.26. The Bertz CT molecular complexity index is 871. The molecule has 0 aliphatic carbocycles. The molecule has 0 atom stereocenters. The monoisotopic (exact) mass is 383 g/mol. The van der Waals surface area contributed by atoms with E-state index in [4.69, 9.17) is 4.74 Å². The van der Waals surface area contributed by atoms with Crippen LogP contribution in [0.15, 0.2) is 30.3 Å². The van der Waals surface area contributed by atoms with Crippen molar-refractivity contribution >= 4 is 28.2 Å². The van der Waals surface area contributed by atoms with Crippen molar-refractivity contribution in [3.8, 4) is 6.07 Å². The molecule has 0 fully saturated rings. The second kappa shape index (κ2) is 8.80. The molecular weight excluding hydrogens is 362 g/mol. The smallest absolute Gasteiger partial charge is 0.256 e. The lowest BCUT2D eigenvalue weighted by atomic mass is 10.0. The molecule has 0 spiro atoms. The van der Waals surface area contributed by atoms with E-state index in [1.165, 1.54) is 11.3 Å². The highest BCUT2D eigenvalue weighted by Gasteiger charge is 2.27. The number of ether oxygens (including phenoxy) is 1. The summed E-state index contributed by atoms with van der Waals surface area (Å²) in [4.78, 5) is 27.4. The topological polar surface area (TPSA) is 82.4 Å². The summed E-state index contributed by atoms with van der Waals surface area (Å²) in [6, 6.07) is 11.1. The van der Waals surface area contributed by atoms with Gasteiger partial charge in [-0.3, -0.25) is 9.59 Å². The maximum atomic E-state index is 12.4. The second-order valence-corrected chi connectivity index (χ2v) is 7.36. The normalized spacial score (nSPS) is 13.0. The predicted octanol–water partition coefficient (Wildman–Crippen LogP) is 3.18. The first kappa shape index (κ1) is 19.1. The lowest BCUT2D eigenvalue weighted by molar-refractivity contribution is -0.137. The van der Waals surface area contributed by atoms with Crippen LogP contribution in [0.4, 0.5) is 5.00 Å². The third-order valence-electron chi connectivity index (χ3n) is 4.36. The van der Waals surface area contributed by atoms with Gasteiger partial charge in [-0.15, -0.1) is 11.3 Å². The fourth-order valence-corrected chi connectivity index (χ4v) is 4.19. The fraction of sp³-hybridized carbons (Fsp3) is 0.350.